The second-order valence-electron chi connectivity index (χ2n) is 3.69. The molecule has 0 N–H and O–H groups in total. The molecule has 0 spiro atoms. The Labute approximate surface area is 135 Å². The average molecular weight is 356 g/mol. The first-order valence-corrected chi connectivity index (χ1v) is 7.01. The van der Waals surface area contributed by atoms with Gasteiger partial charge in [-0.3, -0.25) is 0 Å². The van der Waals surface area contributed by atoms with Crippen LogP contribution >= 0.6 is 58.0 Å². The minimum absolute atomic E-state index is 0.323. The highest BCUT2D eigenvalue weighted by Gasteiger charge is 2.16. The van der Waals surface area contributed by atoms with Crippen LogP contribution in [0.1, 0.15) is 0 Å². The van der Waals surface area contributed by atoms with Crippen LogP contribution in [0, 0.1) is 0 Å². The minimum Gasteiger partial charge on any atom is -0.494 e. The number of hydrogen-bond donors (Lipinski definition) is 0. The Hall–Kier alpha value is -0.310. The summed E-state index contributed by atoms with van der Waals surface area (Å²) in [6, 6.07) is 6.66. The second kappa shape index (κ2) is 5.99. The third-order valence-corrected chi connectivity index (χ3v) is 4.38. The van der Waals surface area contributed by atoms with Crippen molar-refractivity contribution in [2.45, 2.75) is 0 Å². The fourth-order valence-electron chi connectivity index (χ4n) is 1.67. The predicted molar refractivity (Wildman–Crippen MR) is 83.5 cm³/mol. The summed E-state index contributed by atoms with van der Waals surface area (Å²) in [5.41, 5.74) is 1.37. The third kappa shape index (κ3) is 2.91. The highest BCUT2D eigenvalue weighted by Crippen LogP contribution is 2.44. The van der Waals surface area contributed by atoms with Crippen LogP contribution in [0.2, 0.25) is 25.1 Å². The largest absolute Gasteiger partial charge is 0.494 e. The molecule has 0 heterocycles. The summed E-state index contributed by atoms with van der Waals surface area (Å²) < 4.78 is 5.29. The van der Waals surface area contributed by atoms with Crippen molar-refractivity contribution in [1.29, 1.82) is 0 Å². The molecule has 0 aliphatic heterocycles. The van der Waals surface area contributed by atoms with Crippen LogP contribution in [0.4, 0.5) is 0 Å². The van der Waals surface area contributed by atoms with E-state index in [0.717, 1.165) is 0 Å². The normalized spacial score (nSPS) is 10.6. The van der Waals surface area contributed by atoms with Gasteiger partial charge in [-0.1, -0.05) is 58.0 Å². The molecule has 1 nitrogen and oxygen atoms in total. The Bertz CT molecular complexity index is 639. The van der Waals surface area contributed by atoms with Crippen molar-refractivity contribution >= 4 is 58.0 Å². The van der Waals surface area contributed by atoms with E-state index in [0.29, 0.717) is 42.0 Å². The van der Waals surface area contributed by atoms with Crippen LogP contribution in [-0.4, -0.2) is 7.11 Å². The standard InChI is InChI=1S/C13H7Cl5O/c1-19-13-6(2-3-8(14)12(13)18)7-4-10(16)11(17)5-9(7)15/h2-5H,1H3. The molecule has 19 heavy (non-hydrogen) atoms. The molecular formula is C13H7Cl5O. The number of ether oxygens (including phenoxy) is 1. The molecule has 0 atom stereocenters. The monoisotopic (exact) mass is 354 g/mol. The average Bonchev–Trinajstić information content (AvgIpc) is 2.37. The Morgan fingerprint density at radius 2 is 1.37 bits per heavy atom. The fraction of sp³-hybridized carbons (Fsp3) is 0.0769. The zero-order chi connectivity index (χ0) is 14.2. The Balaban J connectivity index is 2.72. The van der Waals surface area contributed by atoms with Gasteiger partial charge in [-0.2, -0.15) is 0 Å². The van der Waals surface area contributed by atoms with Crippen molar-refractivity contribution in [3.05, 3.63) is 49.4 Å². The summed E-state index contributed by atoms with van der Waals surface area (Å²) in [4.78, 5) is 0. The number of rotatable bonds is 2. The van der Waals surface area contributed by atoms with Crippen molar-refractivity contribution in [1.82, 2.24) is 0 Å². The van der Waals surface area contributed by atoms with E-state index < -0.39 is 0 Å². The van der Waals surface area contributed by atoms with Crippen LogP contribution in [0.5, 0.6) is 5.75 Å². The summed E-state index contributed by atoms with van der Waals surface area (Å²) in [6.07, 6.45) is 0. The van der Waals surface area contributed by atoms with Gasteiger partial charge in [-0.25, -0.2) is 0 Å². The lowest BCUT2D eigenvalue weighted by atomic mass is 10.0. The molecule has 0 aromatic heterocycles. The van der Waals surface area contributed by atoms with Gasteiger partial charge in [0.15, 0.2) is 0 Å². The minimum atomic E-state index is 0.323. The van der Waals surface area contributed by atoms with Crippen molar-refractivity contribution in [2.75, 3.05) is 7.11 Å². The molecular weight excluding hydrogens is 349 g/mol. The molecule has 2 aromatic rings. The molecule has 0 saturated heterocycles. The summed E-state index contributed by atoms with van der Waals surface area (Å²) in [7, 11) is 1.51. The number of hydrogen-bond acceptors (Lipinski definition) is 1. The van der Waals surface area contributed by atoms with Gasteiger partial charge in [0, 0.05) is 11.1 Å². The first-order valence-electron chi connectivity index (χ1n) is 5.12. The quantitative estimate of drug-likeness (QED) is 0.549. The van der Waals surface area contributed by atoms with Crippen molar-refractivity contribution in [3.8, 4) is 16.9 Å². The van der Waals surface area contributed by atoms with E-state index in [1.165, 1.54) is 7.11 Å². The maximum atomic E-state index is 6.18. The maximum Gasteiger partial charge on any atom is 0.146 e. The van der Waals surface area contributed by atoms with Gasteiger partial charge in [0.1, 0.15) is 10.8 Å². The van der Waals surface area contributed by atoms with Gasteiger partial charge >= 0.3 is 0 Å². The van der Waals surface area contributed by atoms with Crippen LogP contribution < -0.4 is 4.74 Å². The van der Waals surface area contributed by atoms with Gasteiger partial charge in [0.2, 0.25) is 0 Å². The Kier molecular flexibility index (Phi) is 4.75. The molecule has 0 aliphatic carbocycles. The Morgan fingerprint density at radius 3 is 2.00 bits per heavy atom. The van der Waals surface area contributed by atoms with E-state index >= 15 is 0 Å². The highest BCUT2D eigenvalue weighted by molar-refractivity contribution is 6.45. The van der Waals surface area contributed by atoms with Crippen LogP contribution in [0.3, 0.4) is 0 Å². The SMILES string of the molecule is COc1c(-c2cc(Cl)c(Cl)cc2Cl)ccc(Cl)c1Cl. The van der Waals surface area contributed by atoms with Crippen molar-refractivity contribution < 1.29 is 4.74 Å². The van der Waals surface area contributed by atoms with Crippen molar-refractivity contribution in [3.63, 3.8) is 0 Å². The summed E-state index contributed by atoms with van der Waals surface area (Å²) >= 11 is 30.2. The number of benzene rings is 2. The van der Waals surface area contributed by atoms with Gasteiger partial charge in [0.05, 0.1) is 27.2 Å². The van der Waals surface area contributed by atoms with E-state index in [1.54, 1.807) is 24.3 Å². The zero-order valence-corrected chi connectivity index (χ0v) is 13.4. The topological polar surface area (TPSA) is 9.23 Å². The second-order valence-corrected chi connectivity index (χ2v) is 5.70. The van der Waals surface area contributed by atoms with Crippen LogP contribution in [-0.2, 0) is 0 Å². The summed E-state index contributed by atoms with van der Waals surface area (Å²) in [5, 5.41) is 1.96. The fourth-order valence-corrected chi connectivity index (χ4v) is 2.71. The van der Waals surface area contributed by atoms with E-state index in [-0.39, 0.29) is 0 Å². The molecule has 0 bridgehead atoms. The lowest BCUT2D eigenvalue weighted by Crippen LogP contribution is -1.91. The molecule has 100 valence electrons. The van der Waals surface area contributed by atoms with Gasteiger partial charge in [-0.15, -0.1) is 0 Å². The smallest absolute Gasteiger partial charge is 0.146 e. The molecule has 6 heteroatoms. The van der Waals surface area contributed by atoms with Crippen molar-refractivity contribution in [2.24, 2.45) is 0 Å². The van der Waals surface area contributed by atoms with E-state index in [4.69, 9.17) is 62.7 Å². The number of halogens is 5. The maximum absolute atomic E-state index is 6.18. The summed E-state index contributed by atoms with van der Waals surface area (Å²) in [6.45, 7) is 0. The lowest BCUT2D eigenvalue weighted by molar-refractivity contribution is 0.416. The zero-order valence-electron chi connectivity index (χ0n) is 9.61. The molecule has 0 aliphatic rings. The highest BCUT2D eigenvalue weighted by atomic mass is 35.5. The van der Waals surface area contributed by atoms with E-state index in [1.807, 2.05) is 0 Å². The van der Waals surface area contributed by atoms with Crippen LogP contribution in [0.25, 0.3) is 11.1 Å². The molecule has 0 saturated carbocycles. The Morgan fingerprint density at radius 1 is 0.737 bits per heavy atom. The van der Waals surface area contributed by atoms with Gasteiger partial charge < -0.3 is 4.74 Å². The van der Waals surface area contributed by atoms with Gasteiger partial charge in [-0.05, 0) is 24.3 Å². The molecule has 0 fully saturated rings. The number of methoxy groups -OCH3 is 1. The van der Waals surface area contributed by atoms with E-state index in [9.17, 15) is 0 Å². The molecule has 0 unspecified atom stereocenters. The molecule has 0 amide bonds. The predicted octanol–water partition coefficient (Wildman–Crippen LogP) is 6.63. The first-order chi connectivity index (χ1) is 8.95. The first kappa shape index (κ1) is 15.1. The molecule has 2 aromatic carbocycles. The summed E-state index contributed by atoms with van der Waals surface area (Å²) in [5.74, 6) is 0.439. The lowest BCUT2D eigenvalue weighted by Gasteiger charge is -2.13. The van der Waals surface area contributed by atoms with Gasteiger partial charge in [0.25, 0.3) is 0 Å². The van der Waals surface area contributed by atoms with Crippen LogP contribution in [0.15, 0.2) is 24.3 Å². The molecule has 0 radical (unpaired) electrons. The molecule has 2 rings (SSSR count). The van der Waals surface area contributed by atoms with E-state index in [2.05, 4.69) is 0 Å². The third-order valence-electron chi connectivity index (χ3n) is 2.55.